The Labute approximate surface area is 162 Å². The van der Waals surface area contributed by atoms with Crippen LogP contribution in [0.5, 0.6) is 0 Å². The Bertz CT molecular complexity index is 972. The topological polar surface area (TPSA) is 32.3 Å². The summed E-state index contributed by atoms with van der Waals surface area (Å²) in [4.78, 5) is 16.9. The van der Waals surface area contributed by atoms with Gasteiger partial charge in [0.25, 0.3) is 0 Å². The molecule has 0 fully saturated rings. The van der Waals surface area contributed by atoms with E-state index in [0.29, 0.717) is 5.02 Å². The average molecular weight is 381 g/mol. The van der Waals surface area contributed by atoms with Gasteiger partial charge in [0.1, 0.15) is 6.54 Å². The van der Waals surface area contributed by atoms with Crippen LogP contribution in [-0.4, -0.2) is 12.5 Å². The predicted molar refractivity (Wildman–Crippen MR) is 109 cm³/mol. The number of aryl methyl sites for hydroxylation is 1. The van der Waals surface area contributed by atoms with E-state index in [2.05, 4.69) is 11.4 Å². The van der Waals surface area contributed by atoms with Crippen molar-refractivity contribution in [1.82, 2.24) is 0 Å². The first-order chi connectivity index (χ1) is 12.6. The van der Waals surface area contributed by atoms with E-state index in [1.807, 2.05) is 72.5 Å². The number of carbonyl (C=O) groups excluding carboxylic acids is 1. The number of rotatable bonds is 3. The van der Waals surface area contributed by atoms with Gasteiger partial charge in [0, 0.05) is 20.5 Å². The number of nitrogens with zero attached hydrogens (tertiary/aromatic N) is 1. The highest BCUT2D eigenvalue weighted by Gasteiger charge is 2.25. The maximum absolute atomic E-state index is 12.7. The van der Waals surface area contributed by atoms with Crippen LogP contribution < -0.4 is 10.2 Å². The van der Waals surface area contributed by atoms with Gasteiger partial charge in [-0.25, -0.2) is 0 Å². The molecule has 0 atom stereocenters. The third-order valence-electron chi connectivity index (χ3n) is 4.22. The van der Waals surface area contributed by atoms with E-state index in [1.165, 1.54) is 0 Å². The number of fused-ring (bicyclic) bond motifs is 2. The van der Waals surface area contributed by atoms with E-state index < -0.39 is 0 Å². The molecule has 26 heavy (non-hydrogen) atoms. The van der Waals surface area contributed by atoms with Crippen molar-refractivity contribution in [2.75, 3.05) is 16.8 Å². The molecule has 0 bridgehead atoms. The Balaban J connectivity index is 1.64. The van der Waals surface area contributed by atoms with Crippen molar-refractivity contribution in [3.8, 4) is 0 Å². The Hall–Kier alpha value is -2.43. The molecule has 1 amide bonds. The van der Waals surface area contributed by atoms with Crippen LogP contribution in [0.1, 0.15) is 5.56 Å². The standard InChI is InChI=1S/C21H17ClN2OS/c1-14-6-9-16(10-7-14)23-21(25)13-24-17-4-2-3-5-19(17)26-20-11-8-15(22)12-18(20)24/h2-12H,13H2,1H3,(H,23,25). The van der Waals surface area contributed by atoms with E-state index in [9.17, 15) is 4.79 Å². The largest absolute Gasteiger partial charge is 0.330 e. The molecule has 3 nitrogen and oxygen atoms in total. The van der Waals surface area contributed by atoms with E-state index in [-0.39, 0.29) is 12.5 Å². The second-order valence-corrected chi connectivity index (χ2v) is 7.70. The molecule has 0 saturated heterocycles. The molecule has 130 valence electrons. The monoisotopic (exact) mass is 380 g/mol. The van der Waals surface area contributed by atoms with Gasteiger partial charge in [-0.3, -0.25) is 4.79 Å². The van der Waals surface area contributed by atoms with Crippen molar-refractivity contribution in [2.45, 2.75) is 16.7 Å². The molecule has 3 aromatic carbocycles. The SMILES string of the molecule is Cc1ccc(NC(=O)CN2c3ccccc3Sc3ccc(Cl)cc32)cc1. The summed E-state index contributed by atoms with van der Waals surface area (Å²) in [6.07, 6.45) is 0. The molecule has 1 heterocycles. The zero-order chi connectivity index (χ0) is 18.1. The van der Waals surface area contributed by atoms with Crippen LogP contribution in [0.3, 0.4) is 0 Å². The van der Waals surface area contributed by atoms with Gasteiger partial charge in [0.05, 0.1) is 11.4 Å². The lowest BCUT2D eigenvalue weighted by Crippen LogP contribution is -2.31. The lowest BCUT2D eigenvalue weighted by Gasteiger charge is -2.32. The van der Waals surface area contributed by atoms with Crippen LogP contribution >= 0.6 is 23.4 Å². The maximum Gasteiger partial charge on any atom is 0.244 e. The van der Waals surface area contributed by atoms with Gasteiger partial charge in [0.2, 0.25) is 5.91 Å². The smallest absolute Gasteiger partial charge is 0.244 e. The highest BCUT2D eigenvalue weighted by molar-refractivity contribution is 7.99. The molecular formula is C21H17ClN2OS. The van der Waals surface area contributed by atoms with Crippen LogP contribution in [0.15, 0.2) is 76.5 Å². The Morgan fingerprint density at radius 2 is 1.73 bits per heavy atom. The molecule has 1 aliphatic rings. The van der Waals surface area contributed by atoms with E-state index in [4.69, 9.17) is 11.6 Å². The first-order valence-corrected chi connectivity index (χ1v) is 9.50. The van der Waals surface area contributed by atoms with Crippen molar-refractivity contribution < 1.29 is 4.79 Å². The van der Waals surface area contributed by atoms with Crippen LogP contribution in [0, 0.1) is 6.92 Å². The molecule has 0 radical (unpaired) electrons. The van der Waals surface area contributed by atoms with Crippen LogP contribution in [0.25, 0.3) is 0 Å². The minimum atomic E-state index is -0.0681. The van der Waals surface area contributed by atoms with Crippen LogP contribution in [0.4, 0.5) is 17.1 Å². The number of anilines is 3. The van der Waals surface area contributed by atoms with Crippen molar-refractivity contribution in [1.29, 1.82) is 0 Å². The van der Waals surface area contributed by atoms with Crippen LogP contribution in [0.2, 0.25) is 5.02 Å². The molecule has 0 aliphatic carbocycles. The summed E-state index contributed by atoms with van der Waals surface area (Å²) >= 11 is 7.91. The van der Waals surface area contributed by atoms with Crippen molar-refractivity contribution >= 4 is 46.3 Å². The minimum absolute atomic E-state index is 0.0681. The molecular weight excluding hydrogens is 364 g/mol. The quantitative estimate of drug-likeness (QED) is 0.614. The minimum Gasteiger partial charge on any atom is -0.330 e. The van der Waals surface area contributed by atoms with Gasteiger partial charge in [-0.05, 0) is 49.4 Å². The predicted octanol–water partition coefficient (Wildman–Crippen LogP) is 5.89. The Morgan fingerprint density at radius 1 is 1.00 bits per heavy atom. The molecule has 5 heteroatoms. The summed E-state index contributed by atoms with van der Waals surface area (Å²) in [5.74, 6) is -0.0681. The second kappa shape index (κ2) is 7.06. The normalized spacial score (nSPS) is 12.3. The van der Waals surface area contributed by atoms with Gasteiger partial charge in [-0.1, -0.05) is 53.2 Å². The lowest BCUT2D eigenvalue weighted by molar-refractivity contribution is -0.114. The average Bonchev–Trinajstić information content (AvgIpc) is 2.64. The fourth-order valence-corrected chi connectivity index (χ4v) is 4.20. The molecule has 0 spiro atoms. The van der Waals surface area contributed by atoms with Gasteiger partial charge in [0.15, 0.2) is 0 Å². The number of nitrogens with one attached hydrogen (secondary N) is 1. The second-order valence-electron chi connectivity index (χ2n) is 6.18. The Morgan fingerprint density at radius 3 is 2.54 bits per heavy atom. The summed E-state index contributed by atoms with van der Waals surface area (Å²) in [5, 5.41) is 3.63. The van der Waals surface area contributed by atoms with Gasteiger partial charge in [-0.15, -0.1) is 0 Å². The lowest BCUT2D eigenvalue weighted by atomic mass is 10.2. The fourth-order valence-electron chi connectivity index (χ4n) is 2.95. The van der Waals surface area contributed by atoms with Gasteiger partial charge >= 0.3 is 0 Å². The molecule has 0 aromatic heterocycles. The zero-order valence-electron chi connectivity index (χ0n) is 14.2. The van der Waals surface area contributed by atoms with Crippen molar-refractivity contribution in [3.63, 3.8) is 0 Å². The molecule has 0 unspecified atom stereocenters. The summed E-state index contributed by atoms with van der Waals surface area (Å²) < 4.78 is 0. The van der Waals surface area contributed by atoms with Crippen molar-refractivity contribution in [3.05, 3.63) is 77.3 Å². The number of hydrogen-bond donors (Lipinski definition) is 1. The number of para-hydroxylation sites is 1. The van der Waals surface area contributed by atoms with Crippen molar-refractivity contribution in [2.24, 2.45) is 0 Å². The molecule has 3 aromatic rings. The highest BCUT2D eigenvalue weighted by Crippen LogP contribution is 2.48. The van der Waals surface area contributed by atoms with Crippen LogP contribution in [-0.2, 0) is 4.79 Å². The summed E-state index contributed by atoms with van der Waals surface area (Å²) in [6, 6.07) is 21.7. The van der Waals surface area contributed by atoms with Gasteiger partial charge < -0.3 is 10.2 Å². The Kier molecular flexibility index (Phi) is 4.62. The number of halogens is 1. The number of benzene rings is 3. The molecule has 1 N–H and O–H groups in total. The molecule has 0 saturated carbocycles. The third-order valence-corrected chi connectivity index (χ3v) is 5.59. The summed E-state index contributed by atoms with van der Waals surface area (Å²) in [7, 11) is 0. The van der Waals surface area contributed by atoms with Gasteiger partial charge in [-0.2, -0.15) is 0 Å². The number of amides is 1. The molecule has 4 rings (SSSR count). The first-order valence-electron chi connectivity index (χ1n) is 8.31. The van der Waals surface area contributed by atoms with E-state index >= 15 is 0 Å². The highest BCUT2D eigenvalue weighted by atomic mass is 35.5. The first kappa shape index (κ1) is 17.0. The zero-order valence-corrected chi connectivity index (χ0v) is 15.8. The van der Waals surface area contributed by atoms with E-state index in [1.54, 1.807) is 11.8 Å². The van der Waals surface area contributed by atoms with E-state index in [0.717, 1.165) is 32.4 Å². The molecule has 1 aliphatic heterocycles. The third kappa shape index (κ3) is 3.43. The number of hydrogen-bond acceptors (Lipinski definition) is 3. The number of carbonyl (C=O) groups is 1. The summed E-state index contributed by atoms with van der Waals surface area (Å²) in [5.41, 5.74) is 3.94. The maximum atomic E-state index is 12.7. The fraction of sp³-hybridized carbons (Fsp3) is 0.0952. The summed E-state index contributed by atoms with van der Waals surface area (Å²) in [6.45, 7) is 2.24.